The molecule has 2 fully saturated rings. The fourth-order valence-electron chi connectivity index (χ4n) is 3.75. The second-order valence-electron chi connectivity index (χ2n) is 6.73. The number of nitro benzene ring substituents is 1. The van der Waals surface area contributed by atoms with E-state index in [9.17, 15) is 14.9 Å². The first-order valence-electron chi connectivity index (χ1n) is 8.94. The van der Waals surface area contributed by atoms with Gasteiger partial charge in [-0.25, -0.2) is 0 Å². The van der Waals surface area contributed by atoms with Gasteiger partial charge in [0.15, 0.2) is 0 Å². The third-order valence-corrected chi connectivity index (χ3v) is 5.08. The van der Waals surface area contributed by atoms with Crippen LogP contribution in [0.25, 0.3) is 0 Å². The van der Waals surface area contributed by atoms with Crippen LogP contribution >= 0.6 is 0 Å². The van der Waals surface area contributed by atoms with Crippen molar-refractivity contribution in [2.75, 3.05) is 26.2 Å². The van der Waals surface area contributed by atoms with Gasteiger partial charge >= 0.3 is 0 Å². The number of rotatable bonds is 4. The van der Waals surface area contributed by atoms with Crippen LogP contribution in [0, 0.1) is 10.1 Å². The van der Waals surface area contributed by atoms with E-state index in [1.807, 2.05) is 4.90 Å². The molecule has 130 valence electrons. The molecule has 1 amide bonds. The first-order chi connectivity index (χ1) is 11.7. The van der Waals surface area contributed by atoms with Gasteiger partial charge in [-0.2, -0.15) is 0 Å². The molecule has 0 N–H and O–H groups in total. The van der Waals surface area contributed by atoms with Gasteiger partial charge in [0.25, 0.3) is 5.69 Å². The van der Waals surface area contributed by atoms with E-state index >= 15 is 0 Å². The molecule has 2 aliphatic heterocycles. The molecule has 6 heteroatoms. The predicted octanol–water partition coefficient (Wildman–Crippen LogP) is 3.13. The summed E-state index contributed by atoms with van der Waals surface area (Å²) >= 11 is 0. The van der Waals surface area contributed by atoms with E-state index in [4.69, 9.17) is 0 Å². The molecular formula is C18H25N3O3. The fourth-order valence-corrected chi connectivity index (χ4v) is 3.75. The number of hydrogen-bond donors (Lipinski definition) is 0. The number of non-ortho nitro benzene ring substituents is 1. The molecule has 1 unspecified atom stereocenters. The van der Waals surface area contributed by atoms with Crippen LogP contribution in [0.3, 0.4) is 0 Å². The van der Waals surface area contributed by atoms with Gasteiger partial charge in [0.1, 0.15) is 6.04 Å². The summed E-state index contributed by atoms with van der Waals surface area (Å²) in [4.78, 5) is 27.9. The molecule has 2 saturated heterocycles. The van der Waals surface area contributed by atoms with Crippen molar-refractivity contribution < 1.29 is 9.72 Å². The van der Waals surface area contributed by atoms with Crippen molar-refractivity contribution in [2.24, 2.45) is 0 Å². The minimum absolute atomic E-state index is 0.0709. The molecule has 6 nitrogen and oxygen atoms in total. The summed E-state index contributed by atoms with van der Waals surface area (Å²) in [5, 5.41) is 10.9. The summed E-state index contributed by atoms with van der Waals surface area (Å²) in [6.45, 7) is 3.49. The Balaban J connectivity index is 1.85. The zero-order valence-corrected chi connectivity index (χ0v) is 14.0. The van der Waals surface area contributed by atoms with Gasteiger partial charge < -0.3 is 4.90 Å². The second-order valence-corrected chi connectivity index (χ2v) is 6.73. The van der Waals surface area contributed by atoms with Crippen molar-refractivity contribution in [3.63, 3.8) is 0 Å². The van der Waals surface area contributed by atoms with Crippen LogP contribution < -0.4 is 0 Å². The Morgan fingerprint density at radius 2 is 1.46 bits per heavy atom. The zero-order chi connectivity index (χ0) is 16.9. The molecule has 0 aromatic heterocycles. The number of carbonyl (C=O) groups is 1. The van der Waals surface area contributed by atoms with Crippen molar-refractivity contribution in [3.05, 3.63) is 39.9 Å². The van der Waals surface area contributed by atoms with Crippen molar-refractivity contribution in [1.29, 1.82) is 0 Å². The summed E-state index contributed by atoms with van der Waals surface area (Å²) in [5.41, 5.74) is 0.944. The lowest BCUT2D eigenvalue weighted by Crippen LogP contribution is -2.46. The fraction of sp³-hybridized carbons (Fsp3) is 0.611. The normalized spacial score (nSPS) is 20.6. The highest BCUT2D eigenvalue weighted by Crippen LogP contribution is 2.29. The van der Waals surface area contributed by atoms with E-state index in [0.717, 1.165) is 57.4 Å². The third-order valence-electron chi connectivity index (χ3n) is 5.08. The van der Waals surface area contributed by atoms with Crippen molar-refractivity contribution in [2.45, 2.75) is 44.6 Å². The number of nitro groups is 1. The molecule has 0 bridgehead atoms. The topological polar surface area (TPSA) is 66.7 Å². The Morgan fingerprint density at radius 3 is 2.00 bits per heavy atom. The second kappa shape index (κ2) is 7.75. The summed E-state index contributed by atoms with van der Waals surface area (Å²) in [6.07, 6.45) is 6.75. The van der Waals surface area contributed by atoms with Crippen molar-refractivity contribution in [1.82, 2.24) is 9.80 Å². The lowest BCUT2D eigenvalue weighted by Gasteiger charge is -2.38. The lowest BCUT2D eigenvalue weighted by molar-refractivity contribution is -0.384. The van der Waals surface area contributed by atoms with Crippen LogP contribution in [0.15, 0.2) is 24.3 Å². The van der Waals surface area contributed by atoms with Crippen molar-refractivity contribution in [3.8, 4) is 0 Å². The van der Waals surface area contributed by atoms with Crippen molar-refractivity contribution >= 4 is 11.6 Å². The molecule has 2 heterocycles. The summed E-state index contributed by atoms with van der Waals surface area (Å²) < 4.78 is 0. The predicted molar refractivity (Wildman–Crippen MR) is 91.7 cm³/mol. The molecule has 0 radical (unpaired) electrons. The van der Waals surface area contributed by atoms with E-state index in [1.54, 1.807) is 12.1 Å². The average molecular weight is 331 g/mol. The Hall–Kier alpha value is -1.95. The van der Waals surface area contributed by atoms with Gasteiger partial charge in [-0.3, -0.25) is 19.8 Å². The molecule has 24 heavy (non-hydrogen) atoms. The molecule has 1 atom stereocenters. The van der Waals surface area contributed by atoms with Gasteiger partial charge in [-0.1, -0.05) is 18.6 Å². The largest absolute Gasteiger partial charge is 0.341 e. The monoisotopic (exact) mass is 331 g/mol. The summed E-state index contributed by atoms with van der Waals surface area (Å²) in [6, 6.07) is 6.22. The van der Waals surface area contributed by atoms with Gasteiger partial charge in [0, 0.05) is 25.2 Å². The number of carbonyl (C=O) groups excluding carboxylic acids is 1. The molecule has 0 saturated carbocycles. The minimum atomic E-state index is -0.397. The molecule has 2 aliphatic rings. The Morgan fingerprint density at radius 1 is 0.917 bits per heavy atom. The maximum Gasteiger partial charge on any atom is 0.269 e. The van der Waals surface area contributed by atoms with E-state index in [-0.39, 0.29) is 17.6 Å². The van der Waals surface area contributed by atoms with Gasteiger partial charge in [-0.15, -0.1) is 0 Å². The Labute approximate surface area is 142 Å². The quantitative estimate of drug-likeness (QED) is 0.628. The zero-order valence-electron chi connectivity index (χ0n) is 14.0. The number of hydrogen-bond acceptors (Lipinski definition) is 4. The Kier molecular flexibility index (Phi) is 5.45. The molecule has 0 aliphatic carbocycles. The molecule has 3 rings (SSSR count). The van der Waals surface area contributed by atoms with Crippen LogP contribution in [-0.4, -0.2) is 46.8 Å². The Bertz CT molecular complexity index is 576. The van der Waals surface area contributed by atoms with E-state index in [1.165, 1.54) is 25.0 Å². The first kappa shape index (κ1) is 16.9. The molecule has 1 aromatic carbocycles. The number of piperidine rings is 2. The number of likely N-dealkylation sites (tertiary alicyclic amines) is 2. The SMILES string of the molecule is O=C(C(c1ccc([N+](=O)[O-])cc1)N1CCCCC1)N1CCCCC1. The third kappa shape index (κ3) is 3.75. The summed E-state index contributed by atoms with van der Waals surface area (Å²) in [7, 11) is 0. The molecular weight excluding hydrogens is 306 g/mol. The van der Waals surface area contributed by atoms with Gasteiger partial charge in [-0.05, 0) is 50.8 Å². The molecule has 1 aromatic rings. The minimum Gasteiger partial charge on any atom is -0.341 e. The standard InChI is InChI=1S/C18H25N3O3/c22-18(20-13-5-2-6-14-20)17(19-11-3-1-4-12-19)15-7-9-16(10-8-15)21(23)24/h7-10,17H,1-6,11-14H2. The van der Waals surface area contributed by atoms with Crippen LogP contribution in [0.1, 0.15) is 50.1 Å². The number of nitrogens with zero attached hydrogens (tertiary/aromatic N) is 3. The molecule has 0 spiro atoms. The van der Waals surface area contributed by atoms with Gasteiger partial charge in [0.05, 0.1) is 4.92 Å². The van der Waals surface area contributed by atoms with Crippen LogP contribution in [-0.2, 0) is 4.79 Å². The summed E-state index contributed by atoms with van der Waals surface area (Å²) in [5.74, 6) is 0.158. The highest BCUT2D eigenvalue weighted by Gasteiger charge is 2.32. The van der Waals surface area contributed by atoms with Crippen LogP contribution in [0.5, 0.6) is 0 Å². The number of benzene rings is 1. The van der Waals surface area contributed by atoms with E-state index in [0.29, 0.717) is 0 Å². The highest BCUT2D eigenvalue weighted by atomic mass is 16.6. The van der Waals surface area contributed by atoms with Gasteiger partial charge in [0.2, 0.25) is 5.91 Å². The van der Waals surface area contributed by atoms with Crippen LogP contribution in [0.4, 0.5) is 5.69 Å². The lowest BCUT2D eigenvalue weighted by atomic mass is 9.99. The highest BCUT2D eigenvalue weighted by molar-refractivity contribution is 5.83. The van der Waals surface area contributed by atoms with E-state index < -0.39 is 4.92 Å². The van der Waals surface area contributed by atoms with Crippen LogP contribution in [0.2, 0.25) is 0 Å². The average Bonchev–Trinajstić information content (AvgIpc) is 2.64. The maximum atomic E-state index is 13.2. The van der Waals surface area contributed by atoms with E-state index in [2.05, 4.69) is 4.90 Å². The first-order valence-corrected chi connectivity index (χ1v) is 8.94. The number of amides is 1. The smallest absolute Gasteiger partial charge is 0.269 e. The maximum absolute atomic E-state index is 13.2.